The van der Waals surface area contributed by atoms with Crippen molar-refractivity contribution in [2.24, 2.45) is 0 Å². The van der Waals surface area contributed by atoms with Crippen LogP contribution in [-0.2, 0) is 6.61 Å². The van der Waals surface area contributed by atoms with E-state index in [9.17, 15) is 4.79 Å². The van der Waals surface area contributed by atoms with E-state index in [0.717, 1.165) is 11.1 Å². The standard InChI is InChI=1S/C23H26N4O2/c1-4-27(5-2)22(28)21-16(3)25-23(24)26-20(21)15-29-19-13-11-18(12-14-19)17-9-7-6-8-10-17/h6-14H,4-5,15H2,1-3H3,(H2,24,25,26). The monoisotopic (exact) mass is 390 g/mol. The van der Waals surface area contributed by atoms with Crippen molar-refractivity contribution >= 4 is 11.9 Å². The van der Waals surface area contributed by atoms with Crippen molar-refractivity contribution in [2.75, 3.05) is 18.8 Å². The van der Waals surface area contributed by atoms with E-state index in [-0.39, 0.29) is 18.5 Å². The fourth-order valence-electron chi connectivity index (χ4n) is 3.23. The van der Waals surface area contributed by atoms with Gasteiger partial charge in [-0.1, -0.05) is 42.5 Å². The first-order valence-electron chi connectivity index (χ1n) is 9.74. The minimum absolute atomic E-state index is 0.106. The predicted octanol–water partition coefficient (Wildman–Crippen LogP) is 4.10. The number of nitrogens with two attached hydrogens (primary N) is 1. The number of nitrogens with zero attached hydrogens (tertiary/aromatic N) is 3. The van der Waals surface area contributed by atoms with Crippen LogP contribution in [0.2, 0.25) is 0 Å². The second kappa shape index (κ2) is 9.19. The number of rotatable bonds is 7. The van der Waals surface area contributed by atoms with Crippen molar-refractivity contribution in [3.05, 3.63) is 71.5 Å². The molecule has 0 aliphatic heterocycles. The lowest BCUT2D eigenvalue weighted by molar-refractivity contribution is 0.0768. The molecule has 0 fully saturated rings. The molecule has 0 aliphatic carbocycles. The minimum Gasteiger partial charge on any atom is -0.487 e. The first-order valence-corrected chi connectivity index (χ1v) is 9.74. The Balaban J connectivity index is 1.80. The molecule has 0 bridgehead atoms. The van der Waals surface area contributed by atoms with Crippen LogP contribution in [0, 0.1) is 6.92 Å². The van der Waals surface area contributed by atoms with Gasteiger partial charge >= 0.3 is 0 Å². The summed E-state index contributed by atoms with van der Waals surface area (Å²) in [5, 5.41) is 0. The molecule has 6 nitrogen and oxygen atoms in total. The van der Waals surface area contributed by atoms with Gasteiger partial charge in [0.1, 0.15) is 12.4 Å². The van der Waals surface area contributed by atoms with Gasteiger partial charge in [0.25, 0.3) is 5.91 Å². The van der Waals surface area contributed by atoms with E-state index in [0.29, 0.717) is 35.8 Å². The molecule has 0 radical (unpaired) electrons. The molecule has 0 atom stereocenters. The van der Waals surface area contributed by atoms with E-state index in [1.807, 2.05) is 56.3 Å². The van der Waals surface area contributed by atoms with Crippen LogP contribution in [0.5, 0.6) is 5.75 Å². The summed E-state index contributed by atoms with van der Waals surface area (Å²) >= 11 is 0. The second-order valence-electron chi connectivity index (χ2n) is 6.65. The van der Waals surface area contributed by atoms with Crippen LogP contribution in [0.4, 0.5) is 5.95 Å². The van der Waals surface area contributed by atoms with Gasteiger partial charge in [-0.2, -0.15) is 0 Å². The Morgan fingerprint density at radius 2 is 1.59 bits per heavy atom. The zero-order valence-electron chi connectivity index (χ0n) is 17.1. The summed E-state index contributed by atoms with van der Waals surface area (Å²) in [6, 6.07) is 18.0. The summed E-state index contributed by atoms with van der Waals surface area (Å²) in [4.78, 5) is 23.1. The number of aromatic nitrogens is 2. The quantitative estimate of drug-likeness (QED) is 0.657. The molecule has 3 aromatic rings. The summed E-state index contributed by atoms with van der Waals surface area (Å²) in [5.74, 6) is 0.725. The molecule has 150 valence electrons. The number of carbonyl (C=O) groups is 1. The summed E-state index contributed by atoms with van der Waals surface area (Å²) < 4.78 is 5.91. The lowest BCUT2D eigenvalue weighted by Gasteiger charge is -2.21. The van der Waals surface area contributed by atoms with Gasteiger partial charge in [0.2, 0.25) is 5.95 Å². The van der Waals surface area contributed by atoms with Crippen LogP contribution in [0.1, 0.15) is 35.6 Å². The molecule has 0 unspecified atom stereocenters. The maximum atomic E-state index is 12.9. The van der Waals surface area contributed by atoms with E-state index in [1.54, 1.807) is 11.8 Å². The van der Waals surface area contributed by atoms with Gasteiger partial charge < -0.3 is 15.4 Å². The number of nitrogen functional groups attached to an aromatic ring is 1. The van der Waals surface area contributed by atoms with E-state index >= 15 is 0 Å². The number of ether oxygens (including phenoxy) is 1. The maximum absolute atomic E-state index is 12.9. The maximum Gasteiger partial charge on any atom is 0.257 e. The van der Waals surface area contributed by atoms with Crippen LogP contribution in [-0.4, -0.2) is 33.9 Å². The predicted molar refractivity (Wildman–Crippen MR) is 115 cm³/mol. The number of benzene rings is 2. The summed E-state index contributed by atoms with van der Waals surface area (Å²) in [5.41, 5.74) is 9.60. The molecule has 0 saturated carbocycles. The van der Waals surface area contributed by atoms with Gasteiger partial charge in [-0.25, -0.2) is 9.97 Å². The fourth-order valence-corrected chi connectivity index (χ4v) is 3.23. The molecule has 2 aromatic carbocycles. The number of amides is 1. The van der Waals surface area contributed by atoms with Crippen molar-refractivity contribution < 1.29 is 9.53 Å². The van der Waals surface area contributed by atoms with E-state index in [2.05, 4.69) is 22.1 Å². The number of aryl methyl sites for hydroxylation is 1. The van der Waals surface area contributed by atoms with Gasteiger partial charge in [0.15, 0.2) is 0 Å². The largest absolute Gasteiger partial charge is 0.487 e. The molecular weight excluding hydrogens is 364 g/mol. The average molecular weight is 390 g/mol. The molecule has 0 spiro atoms. The van der Waals surface area contributed by atoms with Crippen LogP contribution >= 0.6 is 0 Å². The smallest absolute Gasteiger partial charge is 0.257 e. The Hall–Kier alpha value is -3.41. The molecule has 0 saturated heterocycles. The third-order valence-corrected chi connectivity index (χ3v) is 4.78. The van der Waals surface area contributed by atoms with Crippen LogP contribution in [0.3, 0.4) is 0 Å². The molecule has 6 heteroatoms. The lowest BCUT2D eigenvalue weighted by atomic mass is 10.1. The molecule has 29 heavy (non-hydrogen) atoms. The van der Waals surface area contributed by atoms with Crippen molar-refractivity contribution in [1.82, 2.24) is 14.9 Å². The summed E-state index contributed by atoms with van der Waals surface area (Å²) in [7, 11) is 0. The van der Waals surface area contributed by atoms with Gasteiger partial charge in [-0.05, 0) is 44.0 Å². The van der Waals surface area contributed by atoms with Crippen molar-refractivity contribution in [3.8, 4) is 16.9 Å². The molecule has 3 rings (SSSR count). The summed E-state index contributed by atoms with van der Waals surface area (Å²) in [6.45, 7) is 7.02. The fraction of sp³-hybridized carbons (Fsp3) is 0.261. The van der Waals surface area contributed by atoms with Crippen LogP contribution in [0.25, 0.3) is 11.1 Å². The number of carbonyl (C=O) groups excluding carboxylic acids is 1. The topological polar surface area (TPSA) is 81.3 Å². The van der Waals surface area contributed by atoms with Crippen LogP contribution in [0.15, 0.2) is 54.6 Å². The normalized spacial score (nSPS) is 10.6. The zero-order chi connectivity index (χ0) is 20.8. The van der Waals surface area contributed by atoms with E-state index in [1.165, 1.54) is 0 Å². The second-order valence-corrected chi connectivity index (χ2v) is 6.65. The third kappa shape index (κ3) is 4.71. The molecule has 2 N–H and O–H groups in total. The van der Waals surface area contributed by atoms with E-state index in [4.69, 9.17) is 10.5 Å². The van der Waals surface area contributed by atoms with Gasteiger partial charge in [-0.15, -0.1) is 0 Å². The molecular formula is C23H26N4O2. The van der Waals surface area contributed by atoms with Crippen molar-refractivity contribution in [3.63, 3.8) is 0 Å². The highest BCUT2D eigenvalue weighted by Gasteiger charge is 2.22. The number of anilines is 1. The highest BCUT2D eigenvalue weighted by atomic mass is 16.5. The van der Waals surface area contributed by atoms with Gasteiger partial charge in [-0.3, -0.25) is 4.79 Å². The third-order valence-electron chi connectivity index (χ3n) is 4.78. The first-order chi connectivity index (χ1) is 14.0. The molecule has 0 aliphatic rings. The van der Waals surface area contributed by atoms with Crippen molar-refractivity contribution in [1.29, 1.82) is 0 Å². The van der Waals surface area contributed by atoms with Crippen molar-refractivity contribution in [2.45, 2.75) is 27.4 Å². The minimum atomic E-state index is -0.106. The molecule has 1 aromatic heterocycles. The average Bonchev–Trinajstić information content (AvgIpc) is 2.73. The highest BCUT2D eigenvalue weighted by molar-refractivity contribution is 5.96. The van der Waals surface area contributed by atoms with Gasteiger partial charge in [0.05, 0.1) is 17.0 Å². The zero-order valence-corrected chi connectivity index (χ0v) is 17.1. The SMILES string of the molecule is CCN(CC)C(=O)c1c(C)nc(N)nc1COc1ccc(-c2ccccc2)cc1. The Kier molecular flexibility index (Phi) is 6.44. The molecule has 1 amide bonds. The van der Waals surface area contributed by atoms with Gasteiger partial charge in [0, 0.05) is 13.1 Å². The Labute approximate surface area is 171 Å². The Morgan fingerprint density at radius 3 is 2.21 bits per heavy atom. The Morgan fingerprint density at radius 1 is 0.966 bits per heavy atom. The number of hydrogen-bond donors (Lipinski definition) is 1. The first kappa shape index (κ1) is 20.3. The Bertz CT molecular complexity index is 968. The summed E-state index contributed by atoms with van der Waals surface area (Å²) in [6.07, 6.45) is 0. The van der Waals surface area contributed by atoms with Crippen LogP contribution < -0.4 is 10.5 Å². The lowest BCUT2D eigenvalue weighted by Crippen LogP contribution is -2.32. The van der Waals surface area contributed by atoms with E-state index < -0.39 is 0 Å². The highest BCUT2D eigenvalue weighted by Crippen LogP contribution is 2.23. The number of hydrogen-bond acceptors (Lipinski definition) is 5. The molecule has 1 heterocycles.